The summed E-state index contributed by atoms with van der Waals surface area (Å²) in [5, 5.41) is 0. The third-order valence-corrected chi connectivity index (χ3v) is 3.33. The molecule has 0 unspecified atom stereocenters. The van der Waals surface area contributed by atoms with Crippen LogP contribution in [0.1, 0.15) is 5.56 Å². The third kappa shape index (κ3) is 4.61. The summed E-state index contributed by atoms with van der Waals surface area (Å²) >= 11 is 0. The Morgan fingerprint density at radius 3 is 2.56 bits per heavy atom. The summed E-state index contributed by atoms with van der Waals surface area (Å²) in [5.41, 5.74) is 6.50. The summed E-state index contributed by atoms with van der Waals surface area (Å²) in [6.07, 6.45) is 0.178. The van der Waals surface area contributed by atoms with Crippen LogP contribution in [0.4, 0.5) is 5.69 Å². The Balaban J connectivity index is 2.79. The number of nitrogens with one attached hydrogen (secondary N) is 1. The van der Waals surface area contributed by atoms with Gasteiger partial charge in [0.05, 0.1) is 0 Å². The van der Waals surface area contributed by atoms with Crippen molar-refractivity contribution >= 4 is 15.7 Å². The molecule has 1 rings (SSSR count). The molecule has 0 aliphatic rings. The van der Waals surface area contributed by atoms with Crippen molar-refractivity contribution in [1.29, 1.82) is 0 Å². The second-order valence-corrected chi connectivity index (χ2v) is 5.46. The number of hydrogen-bond acceptors (Lipinski definition) is 5. The second-order valence-electron chi connectivity index (χ2n) is 3.69. The third-order valence-electron chi connectivity index (χ3n) is 2.35. The summed E-state index contributed by atoms with van der Waals surface area (Å²) in [4.78, 5) is 0. The number of benzene rings is 1. The highest BCUT2D eigenvalue weighted by Crippen LogP contribution is 2.14. The molecule has 0 spiro atoms. The first-order valence-electron chi connectivity index (χ1n) is 5.36. The van der Waals surface area contributed by atoms with E-state index in [9.17, 15) is 8.42 Å². The monoisotopic (exact) mass is 274 g/mol. The fourth-order valence-electron chi connectivity index (χ4n) is 1.44. The van der Waals surface area contributed by atoms with Crippen LogP contribution >= 0.6 is 0 Å². The zero-order chi connectivity index (χ0) is 13.6. The van der Waals surface area contributed by atoms with E-state index in [2.05, 4.69) is 4.72 Å². The van der Waals surface area contributed by atoms with Gasteiger partial charge in [-0.3, -0.25) is 4.72 Å². The van der Waals surface area contributed by atoms with Gasteiger partial charge in [0.25, 0.3) is 0 Å². The van der Waals surface area contributed by atoms with Gasteiger partial charge in [-0.1, -0.05) is 12.1 Å². The molecule has 1 aromatic rings. The van der Waals surface area contributed by atoms with Crippen LogP contribution in [0.3, 0.4) is 0 Å². The Hall–Kier alpha value is -1.15. The molecule has 1 aromatic carbocycles. The van der Waals surface area contributed by atoms with Gasteiger partial charge < -0.3 is 15.2 Å². The Kier molecular flexibility index (Phi) is 5.54. The van der Waals surface area contributed by atoms with Gasteiger partial charge in [-0.2, -0.15) is 0 Å². The number of nitrogens with two attached hydrogens (primary N) is 1. The van der Waals surface area contributed by atoms with E-state index >= 15 is 0 Å². The first kappa shape index (κ1) is 14.9. The van der Waals surface area contributed by atoms with Crippen molar-refractivity contribution in [3.8, 4) is 0 Å². The van der Waals surface area contributed by atoms with E-state index in [1.807, 2.05) is 6.07 Å². The molecule has 0 amide bonds. The first-order chi connectivity index (χ1) is 8.50. The van der Waals surface area contributed by atoms with Crippen molar-refractivity contribution in [2.24, 2.45) is 5.73 Å². The van der Waals surface area contributed by atoms with Crippen molar-refractivity contribution in [1.82, 2.24) is 0 Å². The van der Waals surface area contributed by atoms with Crippen LogP contribution < -0.4 is 10.5 Å². The maximum Gasteiger partial charge on any atom is 0.245 e. The Bertz CT molecular complexity index is 472. The largest absolute Gasteiger partial charge is 0.356 e. The average molecular weight is 274 g/mol. The summed E-state index contributed by atoms with van der Waals surface area (Å²) in [6, 6.07) is 7.00. The van der Waals surface area contributed by atoms with Gasteiger partial charge in [-0.25, -0.2) is 8.42 Å². The molecule has 3 N–H and O–H groups in total. The molecule has 0 saturated heterocycles. The lowest BCUT2D eigenvalue weighted by Crippen LogP contribution is -2.22. The molecule has 0 saturated carbocycles. The summed E-state index contributed by atoms with van der Waals surface area (Å²) in [7, 11) is -0.362. The molecule has 0 radical (unpaired) electrons. The lowest BCUT2D eigenvalue weighted by atomic mass is 10.1. The predicted octanol–water partition coefficient (Wildman–Crippen LogP) is 0.506. The Labute approximate surface area is 107 Å². The highest BCUT2D eigenvalue weighted by Gasteiger charge is 2.10. The van der Waals surface area contributed by atoms with Crippen molar-refractivity contribution < 1.29 is 17.9 Å². The van der Waals surface area contributed by atoms with Crippen LogP contribution in [0.15, 0.2) is 24.3 Å². The van der Waals surface area contributed by atoms with Gasteiger partial charge in [0.1, 0.15) is 5.88 Å². The lowest BCUT2D eigenvalue weighted by Gasteiger charge is -2.14. The standard InChI is InChI=1S/C11H18N2O4S/c1-16-11(17-2)7-9-4-3-5-10(6-9)13-18(14,15)8-12/h3-6,11,13H,7-8,12H2,1-2H3. The average Bonchev–Trinajstić information content (AvgIpc) is 2.36. The fourth-order valence-corrected chi connectivity index (χ4v) is 2.01. The van der Waals surface area contributed by atoms with Crippen molar-refractivity contribution in [2.75, 3.05) is 24.8 Å². The van der Waals surface area contributed by atoms with E-state index < -0.39 is 15.9 Å². The van der Waals surface area contributed by atoms with E-state index in [4.69, 9.17) is 15.2 Å². The Morgan fingerprint density at radius 2 is 2.00 bits per heavy atom. The van der Waals surface area contributed by atoms with E-state index in [1.54, 1.807) is 32.4 Å². The van der Waals surface area contributed by atoms with Crippen LogP contribution in [0.5, 0.6) is 0 Å². The maximum absolute atomic E-state index is 11.3. The van der Waals surface area contributed by atoms with Crippen molar-refractivity contribution in [3.63, 3.8) is 0 Å². The number of anilines is 1. The summed E-state index contributed by atoms with van der Waals surface area (Å²) < 4.78 is 35.2. The van der Waals surface area contributed by atoms with E-state index in [0.717, 1.165) is 5.56 Å². The SMILES string of the molecule is COC(Cc1cccc(NS(=O)(=O)CN)c1)OC. The van der Waals surface area contributed by atoms with E-state index in [-0.39, 0.29) is 6.29 Å². The fraction of sp³-hybridized carbons (Fsp3) is 0.455. The second kappa shape index (κ2) is 6.69. The van der Waals surface area contributed by atoms with Gasteiger partial charge in [0, 0.05) is 26.3 Å². The van der Waals surface area contributed by atoms with Gasteiger partial charge in [0.2, 0.25) is 10.0 Å². The Morgan fingerprint density at radius 1 is 1.33 bits per heavy atom. The smallest absolute Gasteiger partial charge is 0.245 e. The summed E-state index contributed by atoms with van der Waals surface area (Å²) in [5.74, 6) is -0.448. The molecular weight excluding hydrogens is 256 g/mol. The van der Waals surface area contributed by atoms with Gasteiger partial charge in [0.15, 0.2) is 6.29 Å². The quantitative estimate of drug-likeness (QED) is 0.707. The van der Waals surface area contributed by atoms with Crippen molar-refractivity contribution in [3.05, 3.63) is 29.8 Å². The van der Waals surface area contributed by atoms with E-state index in [0.29, 0.717) is 12.1 Å². The zero-order valence-electron chi connectivity index (χ0n) is 10.4. The van der Waals surface area contributed by atoms with Crippen LogP contribution in [-0.4, -0.2) is 34.8 Å². The molecule has 7 heteroatoms. The van der Waals surface area contributed by atoms with Crippen LogP contribution in [0, 0.1) is 0 Å². The molecular formula is C11H18N2O4S. The molecule has 0 aliphatic carbocycles. The molecule has 0 heterocycles. The highest BCUT2D eigenvalue weighted by atomic mass is 32.2. The van der Waals surface area contributed by atoms with Crippen molar-refractivity contribution in [2.45, 2.75) is 12.7 Å². The molecule has 18 heavy (non-hydrogen) atoms. The minimum absolute atomic E-state index is 0.355. The molecule has 0 fully saturated rings. The number of methoxy groups -OCH3 is 2. The minimum Gasteiger partial charge on any atom is -0.356 e. The number of rotatable bonds is 7. The van der Waals surface area contributed by atoms with Gasteiger partial charge >= 0.3 is 0 Å². The molecule has 0 aliphatic heterocycles. The molecule has 6 nitrogen and oxygen atoms in total. The predicted molar refractivity (Wildman–Crippen MR) is 69.5 cm³/mol. The lowest BCUT2D eigenvalue weighted by molar-refractivity contribution is -0.100. The molecule has 0 bridgehead atoms. The van der Waals surface area contributed by atoms with E-state index in [1.165, 1.54) is 0 Å². The molecule has 102 valence electrons. The minimum atomic E-state index is -3.46. The number of hydrogen-bond donors (Lipinski definition) is 2. The zero-order valence-corrected chi connectivity index (χ0v) is 11.2. The molecule has 0 aromatic heterocycles. The normalized spacial score (nSPS) is 11.8. The number of sulfonamides is 1. The van der Waals surface area contributed by atoms with Gasteiger partial charge in [-0.05, 0) is 17.7 Å². The van der Waals surface area contributed by atoms with Crippen LogP contribution in [0.2, 0.25) is 0 Å². The van der Waals surface area contributed by atoms with Crippen LogP contribution in [0.25, 0.3) is 0 Å². The molecule has 0 atom stereocenters. The maximum atomic E-state index is 11.3. The summed E-state index contributed by atoms with van der Waals surface area (Å²) in [6.45, 7) is 0. The number of ether oxygens (including phenoxy) is 2. The first-order valence-corrected chi connectivity index (χ1v) is 7.01. The highest BCUT2D eigenvalue weighted by molar-refractivity contribution is 7.92. The van der Waals surface area contributed by atoms with Gasteiger partial charge in [-0.15, -0.1) is 0 Å². The van der Waals surface area contributed by atoms with Crippen LogP contribution in [-0.2, 0) is 25.9 Å². The topological polar surface area (TPSA) is 90.7 Å².